The van der Waals surface area contributed by atoms with Crippen LogP contribution in [-0.2, 0) is 12.8 Å². The van der Waals surface area contributed by atoms with E-state index in [-0.39, 0.29) is 0 Å². The van der Waals surface area contributed by atoms with E-state index in [4.69, 9.17) is 0 Å². The van der Waals surface area contributed by atoms with Gasteiger partial charge in [-0.1, -0.05) is 18.9 Å². The quantitative estimate of drug-likeness (QED) is 0.879. The second-order valence-electron chi connectivity index (χ2n) is 7.24. The van der Waals surface area contributed by atoms with Crippen LogP contribution >= 0.6 is 0 Å². The van der Waals surface area contributed by atoms with Gasteiger partial charge in [-0.05, 0) is 80.7 Å². The van der Waals surface area contributed by atoms with Crippen LogP contribution in [0.2, 0.25) is 0 Å². The molecule has 0 radical (unpaired) electrons. The highest BCUT2D eigenvalue weighted by Crippen LogP contribution is 2.33. The summed E-state index contributed by atoms with van der Waals surface area (Å²) in [7, 11) is 0. The van der Waals surface area contributed by atoms with Gasteiger partial charge in [0.25, 0.3) is 0 Å². The number of hydrogen-bond donors (Lipinski definition) is 2. The molecule has 2 nitrogen and oxygen atoms in total. The summed E-state index contributed by atoms with van der Waals surface area (Å²) in [6.45, 7) is 1.23. The normalized spacial score (nSPS) is 32.1. The van der Waals surface area contributed by atoms with Crippen LogP contribution in [0.25, 0.3) is 0 Å². The zero-order chi connectivity index (χ0) is 14.1. The number of anilines is 1. The van der Waals surface area contributed by atoms with Crippen molar-refractivity contribution in [2.24, 2.45) is 5.92 Å². The Balaban J connectivity index is 1.48. The number of rotatable bonds is 3. The first-order chi connectivity index (χ1) is 10.4. The number of fused-ring (bicyclic) bond motifs is 1. The van der Waals surface area contributed by atoms with Gasteiger partial charge in [0.15, 0.2) is 0 Å². The minimum absolute atomic E-state index is 0.675. The van der Waals surface area contributed by atoms with Gasteiger partial charge in [0.1, 0.15) is 0 Å². The Morgan fingerprint density at radius 3 is 2.71 bits per heavy atom. The maximum atomic E-state index is 3.90. The van der Waals surface area contributed by atoms with Crippen LogP contribution in [0.1, 0.15) is 56.1 Å². The van der Waals surface area contributed by atoms with Gasteiger partial charge in [-0.2, -0.15) is 0 Å². The molecule has 1 heterocycles. The van der Waals surface area contributed by atoms with Gasteiger partial charge in [-0.3, -0.25) is 0 Å². The fourth-order valence-electron chi connectivity index (χ4n) is 4.77. The van der Waals surface area contributed by atoms with Crippen molar-refractivity contribution >= 4 is 5.69 Å². The lowest BCUT2D eigenvalue weighted by Crippen LogP contribution is -2.43. The van der Waals surface area contributed by atoms with Gasteiger partial charge >= 0.3 is 0 Å². The molecule has 114 valence electrons. The maximum absolute atomic E-state index is 3.90. The minimum atomic E-state index is 0.675. The van der Waals surface area contributed by atoms with Crippen molar-refractivity contribution in [1.82, 2.24) is 5.32 Å². The number of aryl methyl sites for hydroxylation is 2. The van der Waals surface area contributed by atoms with Crippen molar-refractivity contribution in [3.8, 4) is 0 Å². The Labute approximate surface area is 128 Å². The fourth-order valence-corrected chi connectivity index (χ4v) is 4.77. The van der Waals surface area contributed by atoms with Crippen LogP contribution in [-0.4, -0.2) is 18.6 Å². The molecule has 1 saturated heterocycles. The average Bonchev–Trinajstić information content (AvgIpc) is 3.19. The van der Waals surface area contributed by atoms with Crippen molar-refractivity contribution in [3.63, 3.8) is 0 Å². The Kier molecular flexibility index (Phi) is 3.89. The Bertz CT molecular complexity index is 490. The van der Waals surface area contributed by atoms with Crippen LogP contribution in [0.5, 0.6) is 0 Å². The first kappa shape index (κ1) is 13.6. The molecule has 0 amide bonds. The van der Waals surface area contributed by atoms with E-state index in [9.17, 15) is 0 Å². The highest BCUT2D eigenvalue weighted by Gasteiger charge is 2.33. The Morgan fingerprint density at radius 2 is 1.81 bits per heavy atom. The van der Waals surface area contributed by atoms with E-state index in [1.165, 1.54) is 70.0 Å². The molecule has 2 heteroatoms. The molecule has 1 aromatic rings. The summed E-state index contributed by atoms with van der Waals surface area (Å²) in [5.41, 5.74) is 4.54. The summed E-state index contributed by atoms with van der Waals surface area (Å²) >= 11 is 0. The van der Waals surface area contributed by atoms with Crippen LogP contribution in [0.4, 0.5) is 5.69 Å². The topological polar surface area (TPSA) is 24.1 Å². The molecular weight excluding hydrogens is 256 g/mol. The predicted molar refractivity (Wildman–Crippen MR) is 88.9 cm³/mol. The summed E-state index contributed by atoms with van der Waals surface area (Å²) in [6, 6.07) is 8.54. The van der Waals surface area contributed by atoms with Crippen LogP contribution in [0.3, 0.4) is 0 Å². The van der Waals surface area contributed by atoms with Crippen LogP contribution in [0.15, 0.2) is 18.2 Å². The predicted octanol–water partition coefficient (Wildman–Crippen LogP) is 3.90. The second-order valence-corrected chi connectivity index (χ2v) is 7.24. The highest BCUT2D eigenvalue weighted by molar-refractivity contribution is 5.51. The van der Waals surface area contributed by atoms with Crippen LogP contribution < -0.4 is 10.6 Å². The molecule has 2 fully saturated rings. The zero-order valence-electron chi connectivity index (χ0n) is 13.0. The number of hydrogen-bond acceptors (Lipinski definition) is 2. The van der Waals surface area contributed by atoms with E-state index < -0.39 is 0 Å². The summed E-state index contributed by atoms with van der Waals surface area (Å²) in [6.07, 6.45) is 12.2. The first-order valence-corrected chi connectivity index (χ1v) is 9.02. The number of nitrogens with one attached hydrogen (secondary N) is 2. The van der Waals surface area contributed by atoms with Gasteiger partial charge in [0.2, 0.25) is 0 Å². The van der Waals surface area contributed by atoms with Crippen molar-refractivity contribution < 1.29 is 0 Å². The van der Waals surface area contributed by atoms with Crippen molar-refractivity contribution in [1.29, 1.82) is 0 Å². The van der Waals surface area contributed by atoms with Gasteiger partial charge < -0.3 is 10.6 Å². The summed E-state index contributed by atoms with van der Waals surface area (Å²) in [4.78, 5) is 0. The van der Waals surface area contributed by atoms with Crippen molar-refractivity contribution in [2.75, 3.05) is 11.9 Å². The van der Waals surface area contributed by atoms with Gasteiger partial charge in [0.05, 0.1) is 0 Å². The average molecular weight is 284 g/mol. The first-order valence-electron chi connectivity index (χ1n) is 9.02. The van der Waals surface area contributed by atoms with Gasteiger partial charge in [0, 0.05) is 17.8 Å². The maximum Gasteiger partial charge on any atom is 0.0345 e. The lowest BCUT2D eigenvalue weighted by molar-refractivity contribution is 0.263. The molecule has 0 aromatic heterocycles. The lowest BCUT2D eigenvalue weighted by Gasteiger charge is -2.37. The van der Waals surface area contributed by atoms with E-state index >= 15 is 0 Å². The van der Waals surface area contributed by atoms with Crippen LogP contribution in [0, 0.1) is 5.92 Å². The monoisotopic (exact) mass is 284 g/mol. The van der Waals surface area contributed by atoms with Crippen molar-refractivity contribution in [2.45, 2.75) is 69.9 Å². The second kappa shape index (κ2) is 6.00. The van der Waals surface area contributed by atoms with Gasteiger partial charge in [-0.15, -0.1) is 0 Å². The molecule has 3 aliphatic rings. The van der Waals surface area contributed by atoms with E-state index in [1.807, 2.05) is 0 Å². The molecule has 0 bridgehead atoms. The third-order valence-electron chi connectivity index (χ3n) is 5.89. The summed E-state index contributed by atoms with van der Waals surface area (Å²) < 4.78 is 0. The molecule has 1 saturated carbocycles. The van der Waals surface area contributed by atoms with E-state index in [0.717, 1.165) is 12.0 Å². The lowest BCUT2D eigenvalue weighted by atomic mass is 9.79. The zero-order valence-corrected chi connectivity index (χ0v) is 13.0. The SMILES string of the molecule is c1cc2c(cc1NC1CCCCC1C1CCCN1)CCC2. The standard InChI is InChI=1S/C19H28N2/c1-2-8-19(17(7-1)18-9-4-12-20-18)21-16-11-10-14-5-3-6-15(14)13-16/h10-11,13,17-21H,1-9,12H2. The number of benzene rings is 1. The molecule has 2 N–H and O–H groups in total. The summed E-state index contributed by atoms with van der Waals surface area (Å²) in [5.74, 6) is 0.828. The molecule has 1 aromatic carbocycles. The third kappa shape index (κ3) is 2.83. The molecule has 3 unspecified atom stereocenters. The van der Waals surface area contributed by atoms with E-state index in [1.54, 1.807) is 11.1 Å². The molecule has 0 spiro atoms. The molecule has 4 rings (SSSR count). The van der Waals surface area contributed by atoms with E-state index in [2.05, 4.69) is 28.8 Å². The largest absolute Gasteiger partial charge is 0.382 e. The molecular formula is C19H28N2. The molecule has 21 heavy (non-hydrogen) atoms. The summed E-state index contributed by atoms with van der Waals surface area (Å²) in [5, 5.41) is 7.64. The molecule has 1 aliphatic heterocycles. The minimum Gasteiger partial charge on any atom is -0.382 e. The van der Waals surface area contributed by atoms with E-state index in [0.29, 0.717) is 6.04 Å². The molecule has 2 aliphatic carbocycles. The van der Waals surface area contributed by atoms with Gasteiger partial charge in [-0.25, -0.2) is 0 Å². The Hall–Kier alpha value is -1.02. The fraction of sp³-hybridized carbons (Fsp3) is 0.684. The smallest absolute Gasteiger partial charge is 0.0345 e. The third-order valence-corrected chi connectivity index (χ3v) is 5.89. The highest BCUT2D eigenvalue weighted by atomic mass is 15.0. The van der Waals surface area contributed by atoms with Crippen molar-refractivity contribution in [3.05, 3.63) is 29.3 Å². The Morgan fingerprint density at radius 1 is 0.905 bits per heavy atom. The molecule has 3 atom stereocenters.